The molecular weight excluding hydrogens is 290 g/mol. The van der Waals surface area contributed by atoms with Crippen LogP contribution in [0.4, 0.5) is 9.59 Å². The molecule has 0 unspecified atom stereocenters. The SMILES string of the molecule is CC(C)(C)OC(=O)/N=C(\NCCC=O)NC(=O)OC(C)(C)C. The molecule has 0 saturated heterocycles. The molecule has 0 aliphatic rings. The van der Waals surface area contributed by atoms with Gasteiger partial charge < -0.3 is 19.6 Å². The molecule has 0 rings (SSSR count). The van der Waals surface area contributed by atoms with Crippen LogP contribution in [0.5, 0.6) is 0 Å². The molecule has 2 amide bonds. The molecule has 0 aromatic carbocycles. The number of nitrogens with zero attached hydrogens (tertiary/aromatic N) is 1. The van der Waals surface area contributed by atoms with Crippen molar-refractivity contribution in [1.82, 2.24) is 10.6 Å². The van der Waals surface area contributed by atoms with Crippen molar-refractivity contribution in [2.45, 2.75) is 59.2 Å². The molecule has 8 heteroatoms. The molecule has 0 radical (unpaired) electrons. The summed E-state index contributed by atoms with van der Waals surface area (Å²) >= 11 is 0. The van der Waals surface area contributed by atoms with Crippen LogP contribution in [-0.2, 0) is 14.3 Å². The Morgan fingerprint density at radius 1 is 1.05 bits per heavy atom. The van der Waals surface area contributed by atoms with Gasteiger partial charge in [-0.15, -0.1) is 4.99 Å². The second-order valence-electron chi connectivity index (χ2n) is 6.45. The minimum Gasteiger partial charge on any atom is -0.444 e. The van der Waals surface area contributed by atoms with Crippen LogP contribution >= 0.6 is 0 Å². The number of hydrogen-bond acceptors (Lipinski definition) is 5. The summed E-state index contributed by atoms with van der Waals surface area (Å²) in [5.74, 6) is -0.134. The average Bonchev–Trinajstić information content (AvgIpc) is 2.23. The van der Waals surface area contributed by atoms with Gasteiger partial charge in [0.1, 0.15) is 17.5 Å². The second kappa shape index (κ2) is 8.35. The molecule has 0 spiro atoms. The van der Waals surface area contributed by atoms with Crippen LogP contribution in [0.1, 0.15) is 48.0 Å². The van der Waals surface area contributed by atoms with E-state index in [1.165, 1.54) is 0 Å². The predicted molar refractivity (Wildman–Crippen MR) is 81.7 cm³/mol. The van der Waals surface area contributed by atoms with Crippen molar-refractivity contribution in [2.24, 2.45) is 4.99 Å². The summed E-state index contributed by atoms with van der Waals surface area (Å²) < 4.78 is 10.1. The molecular formula is C14H25N3O5. The summed E-state index contributed by atoms with van der Waals surface area (Å²) in [7, 11) is 0. The lowest BCUT2D eigenvalue weighted by atomic mass is 10.2. The Bertz CT molecular complexity index is 433. The number of alkyl carbamates (subject to hydrolysis) is 1. The number of ether oxygens (including phenoxy) is 2. The standard InChI is InChI=1S/C14H25N3O5/c1-13(2,3)21-11(19)16-10(15-8-7-9-18)17-12(20)22-14(4,5)6/h9H,7-8H2,1-6H3,(H2,15,16,17,19,20). The van der Waals surface area contributed by atoms with E-state index in [0.717, 1.165) is 0 Å². The number of nitrogens with one attached hydrogen (secondary N) is 2. The largest absolute Gasteiger partial charge is 0.444 e. The summed E-state index contributed by atoms with van der Waals surface area (Å²) in [6.45, 7) is 10.4. The summed E-state index contributed by atoms with van der Waals surface area (Å²) in [4.78, 5) is 37.3. The fraction of sp³-hybridized carbons (Fsp3) is 0.714. The fourth-order valence-corrected chi connectivity index (χ4v) is 1.14. The van der Waals surface area contributed by atoms with Crippen molar-refractivity contribution in [3.63, 3.8) is 0 Å². The van der Waals surface area contributed by atoms with Crippen LogP contribution in [0.25, 0.3) is 0 Å². The van der Waals surface area contributed by atoms with E-state index in [1.54, 1.807) is 41.5 Å². The Morgan fingerprint density at radius 3 is 2.05 bits per heavy atom. The van der Waals surface area contributed by atoms with Gasteiger partial charge in [0.2, 0.25) is 5.96 Å². The monoisotopic (exact) mass is 315 g/mol. The summed E-state index contributed by atoms with van der Waals surface area (Å²) in [5.41, 5.74) is -1.40. The highest BCUT2D eigenvalue weighted by Gasteiger charge is 2.20. The molecule has 0 aromatic heterocycles. The minimum atomic E-state index is -0.864. The van der Waals surface area contributed by atoms with E-state index < -0.39 is 23.4 Å². The fourth-order valence-electron chi connectivity index (χ4n) is 1.14. The first-order valence-corrected chi connectivity index (χ1v) is 6.92. The second-order valence-corrected chi connectivity index (χ2v) is 6.45. The van der Waals surface area contributed by atoms with E-state index in [-0.39, 0.29) is 18.9 Å². The average molecular weight is 315 g/mol. The number of carbonyl (C=O) groups excluding carboxylic acids is 3. The Kier molecular flexibility index (Phi) is 7.55. The Morgan fingerprint density at radius 2 is 1.59 bits per heavy atom. The lowest BCUT2D eigenvalue weighted by molar-refractivity contribution is -0.107. The highest BCUT2D eigenvalue weighted by molar-refractivity contribution is 5.98. The number of guanidine groups is 1. The van der Waals surface area contributed by atoms with Gasteiger partial charge in [0.05, 0.1) is 0 Å². The van der Waals surface area contributed by atoms with Gasteiger partial charge in [-0.3, -0.25) is 5.32 Å². The van der Waals surface area contributed by atoms with Crippen LogP contribution in [-0.4, -0.2) is 42.2 Å². The van der Waals surface area contributed by atoms with Crippen molar-refractivity contribution < 1.29 is 23.9 Å². The van der Waals surface area contributed by atoms with Gasteiger partial charge in [-0.1, -0.05) is 0 Å². The molecule has 0 aliphatic carbocycles. The summed E-state index contributed by atoms with van der Waals surface area (Å²) in [6, 6.07) is 0. The van der Waals surface area contributed by atoms with Crippen molar-refractivity contribution in [1.29, 1.82) is 0 Å². The molecule has 126 valence electrons. The van der Waals surface area contributed by atoms with Crippen LogP contribution in [0, 0.1) is 0 Å². The maximum absolute atomic E-state index is 11.7. The summed E-state index contributed by atoms with van der Waals surface area (Å²) in [5, 5.41) is 4.97. The van der Waals surface area contributed by atoms with Gasteiger partial charge in [-0.2, -0.15) is 0 Å². The minimum absolute atomic E-state index is 0.134. The summed E-state index contributed by atoms with van der Waals surface area (Å²) in [6.07, 6.45) is -0.736. The number of aliphatic imine (C=N–C) groups is 1. The number of aldehydes is 1. The number of carbonyl (C=O) groups is 3. The zero-order chi connectivity index (χ0) is 17.4. The van der Waals surface area contributed by atoms with Crippen LogP contribution < -0.4 is 10.6 Å². The normalized spacial score (nSPS) is 12.4. The van der Waals surface area contributed by atoms with Gasteiger partial charge in [-0.25, -0.2) is 9.59 Å². The molecule has 22 heavy (non-hydrogen) atoms. The van der Waals surface area contributed by atoms with Gasteiger partial charge in [0, 0.05) is 13.0 Å². The Labute approximate surface area is 130 Å². The van der Waals surface area contributed by atoms with Crippen molar-refractivity contribution in [3.8, 4) is 0 Å². The number of rotatable bonds is 3. The molecule has 2 N–H and O–H groups in total. The highest BCUT2D eigenvalue weighted by atomic mass is 16.6. The smallest absolute Gasteiger partial charge is 0.437 e. The van der Waals surface area contributed by atoms with Gasteiger partial charge in [-0.05, 0) is 41.5 Å². The maximum Gasteiger partial charge on any atom is 0.437 e. The highest BCUT2D eigenvalue weighted by Crippen LogP contribution is 2.08. The molecule has 0 aromatic rings. The molecule has 8 nitrogen and oxygen atoms in total. The van der Waals surface area contributed by atoms with Gasteiger partial charge in [0.25, 0.3) is 0 Å². The lowest BCUT2D eigenvalue weighted by Gasteiger charge is -2.21. The van der Waals surface area contributed by atoms with Crippen LogP contribution in [0.3, 0.4) is 0 Å². The lowest BCUT2D eigenvalue weighted by Crippen LogP contribution is -2.44. The third-order valence-corrected chi connectivity index (χ3v) is 1.77. The van der Waals surface area contributed by atoms with E-state index in [0.29, 0.717) is 6.29 Å². The van der Waals surface area contributed by atoms with E-state index in [2.05, 4.69) is 15.6 Å². The van der Waals surface area contributed by atoms with Crippen molar-refractivity contribution >= 4 is 24.4 Å². The third-order valence-electron chi connectivity index (χ3n) is 1.77. The quantitative estimate of drug-likeness (QED) is 0.357. The first-order chi connectivity index (χ1) is 9.93. The number of amides is 2. The van der Waals surface area contributed by atoms with Gasteiger partial charge in [0.15, 0.2) is 0 Å². The topological polar surface area (TPSA) is 106 Å². The van der Waals surface area contributed by atoms with E-state index >= 15 is 0 Å². The Hall–Kier alpha value is -2.12. The molecule has 0 fully saturated rings. The first-order valence-electron chi connectivity index (χ1n) is 6.92. The first kappa shape index (κ1) is 19.9. The molecule has 0 bridgehead atoms. The van der Waals surface area contributed by atoms with Crippen LogP contribution in [0.15, 0.2) is 4.99 Å². The molecule has 0 aliphatic heterocycles. The molecule has 0 atom stereocenters. The van der Waals surface area contributed by atoms with Crippen LogP contribution in [0.2, 0.25) is 0 Å². The van der Waals surface area contributed by atoms with E-state index in [1.807, 2.05) is 0 Å². The third kappa shape index (κ3) is 11.7. The molecule has 0 heterocycles. The van der Waals surface area contributed by atoms with Crippen molar-refractivity contribution in [3.05, 3.63) is 0 Å². The van der Waals surface area contributed by atoms with Crippen molar-refractivity contribution in [2.75, 3.05) is 6.54 Å². The van der Waals surface area contributed by atoms with E-state index in [4.69, 9.17) is 9.47 Å². The zero-order valence-corrected chi connectivity index (χ0v) is 14.0. The maximum atomic E-state index is 11.7. The number of hydrogen-bond donors (Lipinski definition) is 2. The predicted octanol–water partition coefficient (Wildman–Crippen LogP) is 1.98. The molecule has 0 saturated carbocycles. The van der Waals surface area contributed by atoms with Gasteiger partial charge >= 0.3 is 12.2 Å². The Balaban J connectivity index is 4.84. The zero-order valence-electron chi connectivity index (χ0n) is 14.0. The van der Waals surface area contributed by atoms with E-state index in [9.17, 15) is 14.4 Å².